The summed E-state index contributed by atoms with van der Waals surface area (Å²) in [7, 11) is 0. The van der Waals surface area contributed by atoms with Crippen molar-refractivity contribution in [2.45, 2.75) is 6.92 Å². The molecule has 0 amide bonds. The van der Waals surface area contributed by atoms with Crippen molar-refractivity contribution in [2.75, 3.05) is 10.7 Å². The van der Waals surface area contributed by atoms with Crippen LogP contribution in [0, 0.1) is 6.92 Å². The van der Waals surface area contributed by atoms with E-state index >= 15 is 0 Å². The van der Waals surface area contributed by atoms with Crippen LogP contribution in [0.4, 0.5) is 11.4 Å². The second kappa shape index (κ2) is 7.11. The maximum Gasteiger partial charge on any atom is 0.189 e. The number of halogens is 1. The Labute approximate surface area is 138 Å². The molecule has 0 bridgehead atoms. The zero-order valence-corrected chi connectivity index (χ0v) is 13.2. The number of hydrogen-bond donors (Lipinski definition) is 3. The van der Waals surface area contributed by atoms with E-state index in [-0.39, 0.29) is 5.56 Å². The summed E-state index contributed by atoms with van der Waals surface area (Å²) in [4.78, 5) is 10.7. The molecule has 0 aromatic heterocycles. The van der Waals surface area contributed by atoms with Crippen LogP contribution in [0.25, 0.3) is 0 Å². The topological polar surface area (TPSA) is 76.2 Å². The fourth-order valence-corrected chi connectivity index (χ4v) is 2.05. The van der Waals surface area contributed by atoms with Crippen LogP contribution in [0.5, 0.6) is 0 Å². The van der Waals surface area contributed by atoms with Crippen LogP contribution in [0.3, 0.4) is 0 Å². The van der Waals surface area contributed by atoms with Crippen molar-refractivity contribution in [3.8, 4) is 0 Å². The third-order valence-corrected chi connectivity index (χ3v) is 3.57. The molecule has 5 nitrogen and oxygen atoms in total. The molecule has 0 heterocycles. The third kappa shape index (κ3) is 4.09. The van der Waals surface area contributed by atoms with Crippen LogP contribution >= 0.6 is 23.8 Å². The van der Waals surface area contributed by atoms with Crippen molar-refractivity contribution < 1.29 is 9.90 Å². The van der Waals surface area contributed by atoms with Gasteiger partial charge in [0.25, 0.3) is 0 Å². The van der Waals surface area contributed by atoms with E-state index in [9.17, 15) is 9.90 Å². The molecule has 0 aliphatic rings. The first-order valence-corrected chi connectivity index (χ1v) is 7.15. The lowest BCUT2D eigenvalue weighted by atomic mass is 10.2. The molecule has 0 unspecified atom stereocenters. The third-order valence-electron chi connectivity index (χ3n) is 2.96. The number of hydrogen-bond acceptors (Lipinski definition) is 4. The molecule has 0 saturated heterocycles. The molecule has 0 aliphatic heterocycles. The number of nitrogens with one attached hydrogen (secondary N) is 3. The summed E-state index contributed by atoms with van der Waals surface area (Å²) in [5, 5.41) is 14.7. The Balaban J connectivity index is 1.92. The monoisotopic (exact) mass is 334 g/mol. The van der Waals surface area contributed by atoms with E-state index in [2.05, 4.69) is 16.2 Å². The second-order valence-corrected chi connectivity index (χ2v) is 5.30. The van der Waals surface area contributed by atoms with Crippen LogP contribution in [-0.4, -0.2) is 11.1 Å². The van der Waals surface area contributed by atoms with Crippen LogP contribution < -0.4 is 21.3 Å². The summed E-state index contributed by atoms with van der Waals surface area (Å²) in [5.41, 5.74) is 8.15. The predicted octanol–water partition coefficient (Wildman–Crippen LogP) is 2.33. The van der Waals surface area contributed by atoms with Gasteiger partial charge in [0.1, 0.15) is 0 Å². The number of anilines is 2. The molecule has 2 aromatic carbocycles. The van der Waals surface area contributed by atoms with Crippen LogP contribution in [0.2, 0.25) is 5.02 Å². The minimum atomic E-state index is -1.21. The molecule has 114 valence electrons. The Hall–Kier alpha value is -2.31. The molecule has 2 rings (SSSR count). The van der Waals surface area contributed by atoms with E-state index in [1.54, 1.807) is 18.2 Å². The molecule has 0 saturated carbocycles. The van der Waals surface area contributed by atoms with Gasteiger partial charge in [-0.1, -0.05) is 29.8 Å². The van der Waals surface area contributed by atoms with Crippen molar-refractivity contribution in [1.82, 2.24) is 5.43 Å². The van der Waals surface area contributed by atoms with E-state index in [1.807, 2.05) is 19.1 Å². The van der Waals surface area contributed by atoms with Crippen molar-refractivity contribution in [2.24, 2.45) is 0 Å². The molecule has 0 radical (unpaired) electrons. The van der Waals surface area contributed by atoms with Crippen LogP contribution in [0.1, 0.15) is 15.9 Å². The molecule has 3 N–H and O–H groups in total. The van der Waals surface area contributed by atoms with Crippen LogP contribution in [0.15, 0.2) is 42.5 Å². The number of thiocarbonyl (C=S) groups is 1. The fourth-order valence-electron chi connectivity index (χ4n) is 1.72. The van der Waals surface area contributed by atoms with Crippen molar-refractivity contribution in [3.05, 3.63) is 58.6 Å². The number of hydrazine groups is 1. The van der Waals surface area contributed by atoms with Gasteiger partial charge in [0, 0.05) is 10.7 Å². The highest BCUT2D eigenvalue weighted by atomic mass is 35.5. The lowest BCUT2D eigenvalue weighted by Crippen LogP contribution is -2.33. The molecular weight excluding hydrogens is 322 g/mol. The number of carbonyl (C=O) groups is 1. The molecule has 0 fully saturated rings. The Morgan fingerprint density at radius 1 is 1.18 bits per heavy atom. The summed E-state index contributed by atoms with van der Waals surface area (Å²) >= 11 is 11.2. The first-order valence-electron chi connectivity index (χ1n) is 6.37. The number of rotatable bonds is 4. The SMILES string of the molecule is Cc1c(Cl)cccc1NC(=S)NNc1ccc(C(=O)[O-])cc1. The van der Waals surface area contributed by atoms with E-state index in [4.69, 9.17) is 23.8 Å². The Morgan fingerprint density at radius 3 is 2.50 bits per heavy atom. The number of carbonyl (C=O) groups excluding carboxylic acids is 1. The Bertz CT molecular complexity index is 704. The van der Waals surface area contributed by atoms with Gasteiger partial charge >= 0.3 is 0 Å². The summed E-state index contributed by atoms with van der Waals surface area (Å²) < 4.78 is 0. The number of carboxylic acid groups (broad SMARTS) is 1. The summed E-state index contributed by atoms with van der Waals surface area (Å²) in [5.74, 6) is -1.21. The summed E-state index contributed by atoms with van der Waals surface area (Å²) in [6.07, 6.45) is 0. The van der Waals surface area contributed by atoms with Gasteiger partial charge in [-0.25, -0.2) is 0 Å². The standard InChI is InChI=1S/C15H14ClN3O2S/c1-9-12(16)3-2-4-13(9)17-15(22)19-18-11-7-5-10(6-8-11)14(20)21/h2-8,18H,1H3,(H,20,21)(H2,17,19,22)/p-1. The van der Waals surface area contributed by atoms with Gasteiger partial charge in [0.05, 0.1) is 11.7 Å². The molecule has 22 heavy (non-hydrogen) atoms. The zero-order chi connectivity index (χ0) is 16.1. The van der Waals surface area contributed by atoms with Gasteiger partial charge in [0.2, 0.25) is 0 Å². The van der Waals surface area contributed by atoms with Gasteiger partial charge < -0.3 is 15.2 Å². The Kier molecular flexibility index (Phi) is 5.19. The Morgan fingerprint density at radius 2 is 1.86 bits per heavy atom. The van der Waals surface area contributed by atoms with E-state index in [0.717, 1.165) is 11.3 Å². The highest BCUT2D eigenvalue weighted by molar-refractivity contribution is 7.80. The van der Waals surface area contributed by atoms with E-state index in [0.29, 0.717) is 15.8 Å². The van der Waals surface area contributed by atoms with Gasteiger partial charge in [-0.05, 0) is 54.5 Å². The minimum Gasteiger partial charge on any atom is -0.545 e. The maximum atomic E-state index is 10.7. The van der Waals surface area contributed by atoms with Gasteiger partial charge in [0.15, 0.2) is 5.11 Å². The van der Waals surface area contributed by atoms with Crippen LogP contribution in [-0.2, 0) is 0 Å². The predicted molar refractivity (Wildman–Crippen MR) is 89.9 cm³/mol. The summed E-state index contributed by atoms with van der Waals surface area (Å²) in [6.45, 7) is 1.89. The normalized spacial score (nSPS) is 9.91. The van der Waals surface area contributed by atoms with Crippen molar-refractivity contribution >= 4 is 46.3 Å². The number of benzene rings is 2. The lowest BCUT2D eigenvalue weighted by molar-refractivity contribution is -0.255. The zero-order valence-electron chi connectivity index (χ0n) is 11.6. The summed E-state index contributed by atoms with van der Waals surface area (Å²) in [6, 6.07) is 11.6. The smallest absolute Gasteiger partial charge is 0.189 e. The molecule has 7 heteroatoms. The van der Waals surface area contributed by atoms with Crippen molar-refractivity contribution in [3.63, 3.8) is 0 Å². The van der Waals surface area contributed by atoms with E-state index < -0.39 is 5.97 Å². The highest BCUT2D eigenvalue weighted by Crippen LogP contribution is 2.22. The molecule has 0 aliphatic carbocycles. The first-order chi connectivity index (χ1) is 10.5. The minimum absolute atomic E-state index is 0.112. The van der Waals surface area contributed by atoms with Gasteiger partial charge in [-0.15, -0.1) is 0 Å². The average molecular weight is 335 g/mol. The molecular formula is C15H13ClN3O2S-. The van der Waals surface area contributed by atoms with Gasteiger partial charge in [-0.2, -0.15) is 0 Å². The largest absolute Gasteiger partial charge is 0.545 e. The van der Waals surface area contributed by atoms with Crippen molar-refractivity contribution in [1.29, 1.82) is 0 Å². The number of aromatic carboxylic acids is 1. The molecule has 2 aromatic rings. The quantitative estimate of drug-likeness (QED) is 0.588. The molecule has 0 spiro atoms. The first kappa shape index (κ1) is 16.1. The van der Waals surface area contributed by atoms with E-state index in [1.165, 1.54) is 12.1 Å². The average Bonchev–Trinajstić information content (AvgIpc) is 2.50. The highest BCUT2D eigenvalue weighted by Gasteiger charge is 2.03. The maximum absolute atomic E-state index is 10.7. The second-order valence-electron chi connectivity index (χ2n) is 4.48. The van der Waals surface area contributed by atoms with Gasteiger partial charge in [-0.3, -0.25) is 10.9 Å². The lowest BCUT2D eigenvalue weighted by Gasteiger charge is -2.14. The number of carboxylic acids is 1. The molecule has 0 atom stereocenters. The fraction of sp³-hybridized carbons (Fsp3) is 0.0667.